The van der Waals surface area contributed by atoms with Crippen LogP contribution in [0.1, 0.15) is 75.1 Å². The van der Waals surface area contributed by atoms with Crippen molar-refractivity contribution in [1.82, 2.24) is 20.6 Å². The molecule has 2 fully saturated rings. The van der Waals surface area contributed by atoms with Crippen molar-refractivity contribution in [3.05, 3.63) is 11.8 Å². The first kappa shape index (κ1) is 20.8. The van der Waals surface area contributed by atoms with E-state index in [9.17, 15) is 4.79 Å². The molecule has 1 aromatic heterocycles. The Morgan fingerprint density at radius 3 is 2.71 bits per heavy atom. The Morgan fingerprint density at radius 1 is 1.18 bits per heavy atom. The third kappa shape index (κ3) is 6.33. The van der Waals surface area contributed by atoms with Crippen molar-refractivity contribution >= 4 is 17.7 Å². The van der Waals surface area contributed by atoms with Gasteiger partial charge in [0.1, 0.15) is 11.4 Å². The normalized spacial score (nSPS) is 18.6. The van der Waals surface area contributed by atoms with Crippen molar-refractivity contribution < 1.29 is 4.79 Å². The van der Waals surface area contributed by atoms with Gasteiger partial charge in [0, 0.05) is 25.3 Å². The molecule has 4 N–H and O–H groups in total. The number of rotatable bonds is 9. The van der Waals surface area contributed by atoms with Crippen LogP contribution in [0.4, 0.5) is 11.8 Å². The van der Waals surface area contributed by atoms with Crippen LogP contribution in [0.5, 0.6) is 0 Å². The first-order valence-corrected chi connectivity index (χ1v) is 11.1. The molecule has 0 radical (unpaired) electrons. The van der Waals surface area contributed by atoms with E-state index in [1.165, 1.54) is 19.3 Å². The molecule has 1 aliphatic carbocycles. The van der Waals surface area contributed by atoms with Crippen molar-refractivity contribution in [3.63, 3.8) is 0 Å². The number of aromatic nitrogens is 2. The van der Waals surface area contributed by atoms with E-state index in [0.717, 1.165) is 64.7 Å². The summed E-state index contributed by atoms with van der Waals surface area (Å²) in [5.74, 6) is 1.75. The standard InChI is InChI=1S/C21H36N6O/c1-2-3-11-23-21-25-15-18(19(27-21)26-17-7-5-4-6-8-17)20(28)24-14-16-9-12-22-13-10-16/h15-17,22H,2-14H2,1H3,(H,24,28)(H2,23,25,26,27). The highest BCUT2D eigenvalue weighted by Crippen LogP contribution is 2.23. The second kappa shape index (κ2) is 11.2. The van der Waals surface area contributed by atoms with E-state index in [4.69, 9.17) is 0 Å². The van der Waals surface area contributed by atoms with Gasteiger partial charge in [-0.2, -0.15) is 4.98 Å². The number of hydrogen-bond donors (Lipinski definition) is 4. The van der Waals surface area contributed by atoms with E-state index < -0.39 is 0 Å². The largest absolute Gasteiger partial charge is 0.367 e. The molecule has 0 spiro atoms. The highest BCUT2D eigenvalue weighted by atomic mass is 16.1. The molecule has 3 rings (SSSR count). The van der Waals surface area contributed by atoms with Gasteiger partial charge in [0.25, 0.3) is 5.91 Å². The van der Waals surface area contributed by atoms with E-state index >= 15 is 0 Å². The molecule has 1 amide bonds. The van der Waals surface area contributed by atoms with Gasteiger partial charge in [-0.25, -0.2) is 4.98 Å². The number of nitrogens with zero attached hydrogens (tertiary/aromatic N) is 2. The number of amides is 1. The second-order valence-corrected chi connectivity index (χ2v) is 8.12. The van der Waals surface area contributed by atoms with Gasteiger partial charge in [0.2, 0.25) is 5.95 Å². The molecule has 0 bridgehead atoms. The first-order valence-electron chi connectivity index (χ1n) is 11.1. The molecule has 0 atom stereocenters. The average molecular weight is 389 g/mol. The van der Waals surface area contributed by atoms with Crippen LogP contribution in [0, 0.1) is 5.92 Å². The fraction of sp³-hybridized carbons (Fsp3) is 0.762. The van der Waals surface area contributed by atoms with E-state index in [2.05, 4.69) is 38.2 Å². The zero-order valence-corrected chi connectivity index (χ0v) is 17.2. The maximum atomic E-state index is 12.9. The number of carbonyl (C=O) groups excluding carboxylic acids is 1. The lowest BCUT2D eigenvalue weighted by Gasteiger charge is -2.25. The number of anilines is 2. The maximum absolute atomic E-state index is 12.9. The number of hydrogen-bond acceptors (Lipinski definition) is 6. The Hall–Kier alpha value is -1.89. The summed E-state index contributed by atoms with van der Waals surface area (Å²) in [5, 5.41) is 13.3. The lowest BCUT2D eigenvalue weighted by atomic mass is 9.95. The van der Waals surface area contributed by atoms with Gasteiger partial charge in [-0.3, -0.25) is 4.79 Å². The lowest BCUT2D eigenvalue weighted by molar-refractivity contribution is 0.0944. The van der Waals surface area contributed by atoms with Gasteiger partial charge in [-0.15, -0.1) is 0 Å². The van der Waals surface area contributed by atoms with Gasteiger partial charge in [0.15, 0.2) is 0 Å². The van der Waals surface area contributed by atoms with Crippen LogP contribution in [0.25, 0.3) is 0 Å². The molecule has 0 aromatic carbocycles. The fourth-order valence-electron chi connectivity index (χ4n) is 3.98. The lowest BCUT2D eigenvalue weighted by Crippen LogP contribution is -2.36. The van der Waals surface area contributed by atoms with Gasteiger partial charge < -0.3 is 21.3 Å². The minimum atomic E-state index is -0.0723. The molecule has 2 heterocycles. The van der Waals surface area contributed by atoms with E-state index in [0.29, 0.717) is 29.3 Å². The Balaban J connectivity index is 1.66. The number of piperidine rings is 1. The summed E-state index contributed by atoms with van der Waals surface area (Å²) in [4.78, 5) is 21.9. The van der Waals surface area contributed by atoms with Crippen LogP contribution < -0.4 is 21.3 Å². The third-order valence-corrected chi connectivity index (χ3v) is 5.80. The summed E-state index contributed by atoms with van der Waals surface area (Å²) in [5.41, 5.74) is 0.556. The summed E-state index contributed by atoms with van der Waals surface area (Å²) in [7, 11) is 0. The van der Waals surface area contributed by atoms with Gasteiger partial charge in [-0.1, -0.05) is 32.6 Å². The van der Waals surface area contributed by atoms with Crippen molar-refractivity contribution in [2.24, 2.45) is 5.92 Å². The molecular formula is C21H36N6O. The zero-order valence-electron chi connectivity index (χ0n) is 17.2. The topological polar surface area (TPSA) is 91.0 Å². The van der Waals surface area contributed by atoms with E-state index in [1.807, 2.05) is 0 Å². The number of nitrogens with one attached hydrogen (secondary N) is 4. The predicted octanol–water partition coefficient (Wildman–Crippen LogP) is 3.16. The summed E-state index contributed by atoms with van der Waals surface area (Å²) in [6.45, 7) is 5.81. The van der Waals surface area contributed by atoms with Crippen molar-refractivity contribution in [1.29, 1.82) is 0 Å². The summed E-state index contributed by atoms with van der Waals surface area (Å²) < 4.78 is 0. The molecule has 0 unspecified atom stereocenters. The summed E-state index contributed by atoms with van der Waals surface area (Å²) in [6.07, 6.45) is 12.2. The molecule has 28 heavy (non-hydrogen) atoms. The van der Waals surface area contributed by atoms with Crippen LogP contribution in [-0.2, 0) is 0 Å². The smallest absolute Gasteiger partial charge is 0.256 e. The molecule has 2 aliphatic rings. The third-order valence-electron chi connectivity index (χ3n) is 5.80. The Morgan fingerprint density at radius 2 is 1.96 bits per heavy atom. The Kier molecular flexibility index (Phi) is 8.33. The Labute approximate surface area is 168 Å². The van der Waals surface area contributed by atoms with Crippen LogP contribution in [0.3, 0.4) is 0 Å². The minimum absolute atomic E-state index is 0.0723. The molecule has 7 nitrogen and oxygen atoms in total. The predicted molar refractivity (Wildman–Crippen MR) is 114 cm³/mol. The van der Waals surface area contributed by atoms with Crippen LogP contribution in [0.2, 0.25) is 0 Å². The highest BCUT2D eigenvalue weighted by Gasteiger charge is 2.21. The Bertz CT molecular complexity index is 611. The quantitative estimate of drug-likeness (QED) is 0.486. The summed E-state index contributed by atoms with van der Waals surface area (Å²) in [6, 6.07) is 0.392. The van der Waals surface area contributed by atoms with Gasteiger partial charge in [-0.05, 0) is 51.1 Å². The molecule has 1 aromatic rings. The fourth-order valence-corrected chi connectivity index (χ4v) is 3.98. The van der Waals surface area contributed by atoms with E-state index in [-0.39, 0.29) is 5.91 Å². The minimum Gasteiger partial charge on any atom is -0.367 e. The van der Waals surface area contributed by atoms with Crippen LogP contribution in [0.15, 0.2) is 6.20 Å². The average Bonchev–Trinajstić information content (AvgIpc) is 2.74. The van der Waals surface area contributed by atoms with Gasteiger partial charge in [0.05, 0.1) is 0 Å². The monoisotopic (exact) mass is 388 g/mol. The molecule has 1 aliphatic heterocycles. The van der Waals surface area contributed by atoms with Crippen LogP contribution in [-0.4, -0.2) is 48.1 Å². The first-order chi connectivity index (χ1) is 13.8. The SMILES string of the molecule is CCCCNc1ncc(C(=O)NCC2CCNCC2)c(NC2CCCCC2)n1. The van der Waals surface area contributed by atoms with E-state index in [1.54, 1.807) is 6.20 Å². The van der Waals surface area contributed by atoms with Crippen molar-refractivity contribution in [2.75, 3.05) is 36.8 Å². The van der Waals surface area contributed by atoms with Crippen molar-refractivity contribution in [2.45, 2.75) is 70.8 Å². The highest BCUT2D eigenvalue weighted by molar-refractivity contribution is 5.98. The maximum Gasteiger partial charge on any atom is 0.256 e. The number of carbonyl (C=O) groups is 1. The molecule has 7 heteroatoms. The molecule has 1 saturated carbocycles. The van der Waals surface area contributed by atoms with Gasteiger partial charge >= 0.3 is 0 Å². The van der Waals surface area contributed by atoms with Crippen LogP contribution >= 0.6 is 0 Å². The second-order valence-electron chi connectivity index (χ2n) is 8.12. The zero-order chi connectivity index (χ0) is 19.6. The molecular weight excluding hydrogens is 352 g/mol. The number of unbranched alkanes of at least 4 members (excludes halogenated alkanes) is 1. The summed E-state index contributed by atoms with van der Waals surface area (Å²) >= 11 is 0. The van der Waals surface area contributed by atoms with Crippen molar-refractivity contribution in [3.8, 4) is 0 Å². The molecule has 156 valence electrons. The molecule has 1 saturated heterocycles.